The summed E-state index contributed by atoms with van der Waals surface area (Å²) in [7, 11) is 0. The number of carbonyl (C=O) groups is 2. The van der Waals surface area contributed by atoms with Gasteiger partial charge in [0.05, 0.1) is 34.6 Å². The van der Waals surface area contributed by atoms with Crippen molar-refractivity contribution in [2.75, 3.05) is 0 Å². The van der Waals surface area contributed by atoms with Crippen LogP contribution in [0, 0.1) is 11.8 Å². The van der Waals surface area contributed by atoms with Crippen LogP contribution in [0.5, 0.6) is 0 Å². The molecule has 2 heterocycles. The van der Waals surface area contributed by atoms with Crippen molar-refractivity contribution in [2.24, 2.45) is 21.8 Å². The molecule has 8 rings (SSSR count). The molecule has 0 saturated carbocycles. The average molecular weight is 703 g/mol. The highest BCUT2D eigenvalue weighted by molar-refractivity contribution is 6.25. The lowest BCUT2D eigenvalue weighted by molar-refractivity contribution is -0.118. The number of aliphatic imine (C=N–C) groups is 2. The zero-order chi connectivity index (χ0) is 37.6. The van der Waals surface area contributed by atoms with E-state index in [1.807, 2.05) is 133 Å². The Balaban J connectivity index is 0.000000167. The summed E-state index contributed by atoms with van der Waals surface area (Å²) in [4.78, 5) is 35.8. The lowest BCUT2D eigenvalue weighted by Crippen LogP contribution is -2.24. The second kappa shape index (κ2) is 16.0. The van der Waals surface area contributed by atoms with Gasteiger partial charge in [-0.3, -0.25) is 19.6 Å². The van der Waals surface area contributed by atoms with Gasteiger partial charge in [-0.2, -0.15) is 0 Å². The Morgan fingerprint density at radius 2 is 0.667 bits per heavy atom. The number of hydrogen-bond donors (Lipinski definition) is 0. The average Bonchev–Trinajstić information content (AvgIpc) is 3.44. The molecule has 6 aromatic rings. The second-order valence-electron chi connectivity index (χ2n) is 13.7. The van der Waals surface area contributed by atoms with Crippen molar-refractivity contribution in [1.29, 1.82) is 0 Å². The smallest absolute Gasteiger partial charge is 0.143 e. The van der Waals surface area contributed by atoms with Gasteiger partial charge in [-0.15, -0.1) is 0 Å². The predicted octanol–water partition coefficient (Wildman–Crippen LogP) is 11.9. The van der Waals surface area contributed by atoms with Gasteiger partial charge in [-0.1, -0.05) is 158 Å². The molecule has 4 heteroatoms. The molecule has 0 radical (unpaired) electrons. The third-order valence-electron chi connectivity index (χ3n) is 10.2. The number of rotatable bonds is 6. The molecular formula is C50H42N2O2. The van der Waals surface area contributed by atoms with Gasteiger partial charge in [0.1, 0.15) is 11.6 Å². The summed E-state index contributed by atoms with van der Waals surface area (Å²) in [6, 6.07) is 56.7. The first kappa shape index (κ1) is 35.9. The molecular weight excluding hydrogens is 661 g/mol. The molecule has 0 saturated heterocycles. The molecule has 0 fully saturated rings. The Bertz CT molecular complexity index is 2270. The zero-order valence-corrected chi connectivity index (χ0v) is 31.0. The van der Waals surface area contributed by atoms with Crippen LogP contribution in [0.15, 0.2) is 180 Å². The van der Waals surface area contributed by atoms with Crippen molar-refractivity contribution in [3.63, 3.8) is 0 Å². The lowest BCUT2D eigenvalue weighted by atomic mass is 9.80. The first-order chi connectivity index (χ1) is 26.3. The summed E-state index contributed by atoms with van der Waals surface area (Å²) in [6.07, 6.45) is 0. The van der Waals surface area contributed by atoms with Crippen LogP contribution < -0.4 is 0 Å². The summed E-state index contributed by atoms with van der Waals surface area (Å²) >= 11 is 0. The number of benzene rings is 6. The molecule has 4 nitrogen and oxygen atoms in total. The molecule has 264 valence electrons. The molecule has 0 aliphatic carbocycles. The van der Waals surface area contributed by atoms with Gasteiger partial charge in [-0.25, -0.2) is 0 Å². The van der Waals surface area contributed by atoms with Crippen LogP contribution in [0.2, 0.25) is 0 Å². The minimum Gasteiger partial charge on any atom is -0.299 e. The van der Waals surface area contributed by atoms with E-state index >= 15 is 0 Å². The maximum atomic E-state index is 12.9. The number of nitrogens with zero attached hydrogens (tertiary/aromatic N) is 2. The number of Topliss-reactive ketones (excluding diaryl/α,β-unsaturated/α-hetero) is 2. The van der Waals surface area contributed by atoms with Crippen LogP contribution in [0.3, 0.4) is 0 Å². The first-order valence-electron chi connectivity index (χ1n) is 18.3. The van der Waals surface area contributed by atoms with Crippen molar-refractivity contribution in [3.05, 3.63) is 203 Å². The quantitative estimate of drug-likeness (QED) is 0.173. The normalized spacial score (nSPS) is 16.4. The number of fused-ring (bicyclic) bond motifs is 2. The van der Waals surface area contributed by atoms with Crippen molar-refractivity contribution in [3.8, 4) is 0 Å². The Morgan fingerprint density at radius 1 is 0.389 bits per heavy atom. The van der Waals surface area contributed by atoms with Crippen LogP contribution in [0.4, 0.5) is 11.4 Å². The van der Waals surface area contributed by atoms with Crippen LogP contribution in [-0.2, 0) is 9.59 Å². The molecule has 0 spiro atoms. The minimum atomic E-state index is -0.401. The fourth-order valence-corrected chi connectivity index (χ4v) is 7.64. The molecule has 2 aliphatic heterocycles. The van der Waals surface area contributed by atoms with Crippen LogP contribution >= 0.6 is 0 Å². The fourth-order valence-electron chi connectivity index (χ4n) is 7.64. The molecule has 6 aromatic carbocycles. The maximum absolute atomic E-state index is 12.9. The molecule has 0 N–H and O–H groups in total. The largest absolute Gasteiger partial charge is 0.299 e. The van der Waals surface area contributed by atoms with Crippen molar-refractivity contribution < 1.29 is 9.59 Å². The topological polar surface area (TPSA) is 58.9 Å². The Kier molecular flexibility index (Phi) is 10.6. The summed E-state index contributed by atoms with van der Waals surface area (Å²) in [5, 5.41) is 0. The fraction of sp³-hybridized carbons (Fsp3) is 0.120. The van der Waals surface area contributed by atoms with E-state index in [-0.39, 0.29) is 11.6 Å². The van der Waals surface area contributed by atoms with E-state index in [9.17, 15) is 9.59 Å². The van der Waals surface area contributed by atoms with Gasteiger partial charge in [0, 0.05) is 11.1 Å². The third kappa shape index (κ3) is 7.24. The van der Waals surface area contributed by atoms with Crippen molar-refractivity contribution >= 4 is 56.7 Å². The van der Waals surface area contributed by atoms with E-state index in [1.165, 1.54) is 0 Å². The van der Waals surface area contributed by atoms with Gasteiger partial charge in [0.15, 0.2) is 0 Å². The number of carbonyl (C=O) groups excluding carboxylic acids is 2. The number of ketones is 2. The number of para-hydroxylation sites is 2. The van der Waals surface area contributed by atoms with Gasteiger partial charge < -0.3 is 0 Å². The number of hydrogen-bond acceptors (Lipinski definition) is 4. The van der Waals surface area contributed by atoms with Crippen molar-refractivity contribution in [2.45, 2.75) is 27.7 Å². The standard InChI is InChI=1S/2C25H21NO/c2*1-17-21-15-9-10-16-22(21)26-25(20-13-7-4-8-14-20)24(18(2)27)23(17)19-11-5-3-6-12-19/h2*3-16,24H,1-2H3/t2*24-/m00/s1. The zero-order valence-electron chi connectivity index (χ0n) is 31.0. The Hall–Kier alpha value is -6.52. The molecule has 2 atom stereocenters. The van der Waals surface area contributed by atoms with E-state index in [2.05, 4.69) is 50.2 Å². The summed E-state index contributed by atoms with van der Waals surface area (Å²) in [5.41, 5.74) is 14.0. The lowest BCUT2D eigenvalue weighted by Gasteiger charge is -2.21. The van der Waals surface area contributed by atoms with E-state index in [0.29, 0.717) is 0 Å². The third-order valence-corrected chi connectivity index (χ3v) is 10.2. The first-order valence-corrected chi connectivity index (χ1v) is 18.3. The Labute approximate surface area is 318 Å². The van der Waals surface area contributed by atoms with Crippen molar-refractivity contribution in [1.82, 2.24) is 0 Å². The molecule has 2 aliphatic rings. The highest BCUT2D eigenvalue weighted by Crippen LogP contribution is 2.43. The van der Waals surface area contributed by atoms with Gasteiger partial charge in [0.25, 0.3) is 0 Å². The van der Waals surface area contributed by atoms with Crippen LogP contribution in [0.25, 0.3) is 22.3 Å². The summed E-state index contributed by atoms with van der Waals surface area (Å²) in [6.45, 7) is 7.52. The molecule has 0 aromatic heterocycles. The van der Waals surface area contributed by atoms with Gasteiger partial charge in [0.2, 0.25) is 0 Å². The second-order valence-corrected chi connectivity index (χ2v) is 13.7. The summed E-state index contributed by atoms with van der Waals surface area (Å²) in [5.74, 6) is -0.600. The Morgan fingerprint density at radius 3 is 0.981 bits per heavy atom. The van der Waals surface area contributed by atoms with Gasteiger partial charge in [-0.05, 0) is 84.4 Å². The van der Waals surface area contributed by atoms with E-state index in [4.69, 9.17) is 9.98 Å². The van der Waals surface area contributed by atoms with E-state index < -0.39 is 11.8 Å². The van der Waals surface area contributed by atoms with E-state index in [0.717, 1.165) is 78.5 Å². The molecule has 0 bridgehead atoms. The minimum absolute atomic E-state index is 0.101. The SMILES string of the molecule is CC(=O)[C@@H]1C(c2ccccc2)=Nc2ccccc2C(C)=C1c1ccccc1.CC(=O)[C@@H]1C(c2ccccc2)=Nc2ccccc2C(C)=C1c1ccccc1. The monoisotopic (exact) mass is 702 g/mol. The molecule has 0 unspecified atom stereocenters. The summed E-state index contributed by atoms with van der Waals surface area (Å²) < 4.78 is 0. The maximum Gasteiger partial charge on any atom is 0.143 e. The predicted molar refractivity (Wildman–Crippen MR) is 224 cm³/mol. The highest BCUT2D eigenvalue weighted by atomic mass is 16.1. The number of allylic oxidation sites excluding steroid dienone is 4. The molecule has 0 amide bonds. The highest BCUT2D eigenvalue weighted by Gasteiger charge is 2.33. The van der Waals surface area contributed by atoms with Crippen LogP contribution in [0.1, 0.15) is 61.1 Å². The van der Waals surface area contributed by atoms with E-state index in [1.54, 1.807) is 13.8 Å². The molecule has 54 heavy (non-hydrogen) atoms. The van der Waals surface area contributed by atoms with Crippen LogP contribution in [-0.4, -0.2) is 23.0 Å². The van der Waals surface area contributed by atoms with Gasteiger partial charge >= 0.3 is 0 Å².